The van der Waals surface area contributed by atoms with Gasteiger partial charge in [-0.15, -0.1) is 0 Å². The van der Waals surface area contributed by atoms with E-state index in [0.717, 1.165) is 29.7 Å². The van der Waals surface area contributed by atoms with E-state index in [1.807, 2.05) is 13.8 Å². The molecule has 0 saturated carbocycles. The number of hydrogen-bond donors (Lipinski definition) is 3. The van der Waals surface area contributed by atoms with Gasteiger partial charge >= 0.3 is 6.03 Å². The van der Waals surface area contributed by atoms with Crippen LogP contribution in [0.1, 0.15) is 40.7 Å². The van der Waals surface area contributed by atoms with Gasteiger partial charge in [-0.1, -0.05) is 30.7 Å². The fourth-order valence-electron chi connectivity index (χ4n) is 2.09. The summed E-state index contributed by atoms with van der Waals surface area (Å²) in [5.74, 6) is -0.964. The van der Waals surface area contributed by atoms with Gasteiger partial charge in [0.15, 0.2) is 5.13 Å². The van der Waals surface area contributed by atoms with E-state index < -0.39 is 11.7 Å². The summed E-state index contributed by atoms with van der Waals surface area (Å²) in [6.45, 7) is 6.09. The Morgan fingerprint density at radius 3 is 2.72 bits per heavy atom. The highest BCUT2D eigenvalue weighted by atomic mass is 32.1. The summed E-state index contributed by atoms with van der Waals surface area (Å²) in [4.78, 5) is 28.6. The SMILES string of the molecule is CCCCNC(=O)Nc1nc(C)c(C(=O)Nc2cc(C)ccc2F)s1. The number of halogens is 1. The Balaban J connectivity index is 2.04. The maximum atomic E-state index is 13.8. The minimum absolute atomic E-state index is 0.115. The van der Waals surface area contributed by atoms with Gasteiger partial charge in [0.1, 0.15) is 10.7 Å². The van der Waals surface area contributed by atoms with Crippen LogP contribution in [-0.2, 0) is 0 Å². The van der Waals surface area contributed by atoms with Gasteiger partial charge < -0.3 is 10.6 Å². The van der Waals surface area contributed by atoms with Crippen molar-refractivity contribution in [2.24, 2.45) is 0 Å². The number of carbonyl (C=O) groups excluding carboxylic acids is 2. The molecule has 0 atom stereocenters. The van der Waals surface area contributed by atoms with E-state index in [1.165, 1.54) is 6.07 Å². The third-order valence-electron chi connectivity index (χ3n) is 3.41. The van der Waals surface area contributed by atoms with Gasteiger partial charge in [-0.05, 0) is 38.0 Å². The lowest BCUT2D eigenvalue weighted by Gasteiger charge is -2.06. The number of carbonyl (C=O) groups is 2. The number of anilines is 2. The van der Waals surface area contributed by atoms with E-state index in [4.69, 9.17) is 0 Å². The molecular formula is C17H21FN4O2S. The number of nitrogens with zero attached hydrogens (tertiary/aromatic N) is 1. The fourth-order valence-corrected chi connectivity index (χ4v) is 2.95. The Labute approximate surface area is 149 Å². The highest BCUT2D eigenvalue weighted by Gasteiger charge is 2.18. The molecule has 0 spiro atoms. The van der Waals surface area contributed by atoms with Crippen LogP contribution < -0.4 is 16.0 Å². The molecule has 25 heavy (non-hydrogen) atoms. The summed E-state index contributed by atoms with van der Waals surface area (Å²) in [5, 5.41) is 8.18. The maximum Gasteiger partial charge on any atom is 0.321 e. The number of urea groups is 1. The van der Waals surface area contributed by atoms with E-state index in [1.54, 1.807) is 19.1 Å². The first-order valence-electron chi connectivity index (χ1n) is 8.00. The van der Waals surface area contributed by atoms with Crippen molar-refractivity contribution in [1.82, 2.24) is 10.3 Å². The first-order valence-corrected chi connectivity index (χ1v) is 8.82. The standard InChI is InChI=1S/C17H21FN4O2S/c1-4-5-8-19-16(24)22-17-20-11(3)14(25-17)15(23)21-13-9-10(2)6-7-12(13)18/h6-7,9H,4-5,8H2,1-3H3,(H,21,23)(H2,19,20,22,24). The summed E-state index contributed by atoms with van der Waals surface area (Å²) < 4.78 is 13.8. The molecule has 0 aliphatic rings. The molecule has 0 bridgehead atoms. The Morgan fingerprint density at radius 1 is 1.24 bits per heavy atom. The Hall–Kier alpha value is -2.48. The van der Waals surface area contributed by atoms with Crippen molar-refractivity contribution >= 4 is 34.1 Å². The van der Waals surface area contributed by atoms with Crippen LogP contribution in [-0.4, -0.2) is 23.5 Å². The molecule has 3 amide bonds. The molecule has 1 heterocycles. The zero-order chi connectivity index (χ0) is 18.4. The van der Waals surface area contributed by atoms with Gasteiger partial charge in [-0.3, -0.25) is 10.1 Å². The predicted molar refractivity (Wildman–Crippen MR) is 97.9 cm³/mol. The summed E-state index contributed by atoms with van der Waals surface area (Å²) in [7, 11) is 0. The Bertz CT molecular complexity index is 776. The normalized spacial score (nSPS) is 10.4. The number of aromatic nitrogens is 1. The quantitative estimate of drug-likeness (QED) is 0.676. The number of aryl methyl sites for hydroxylation is 2. The summed E-state index contributed by atoms with van der Waals surface area (Å²) in [6, 6.07) is 4.13. The molecule has 2 aromatic rings. The van der Waals surface area contributed by atoms with Crippen molar-refractivity contribution in [2.45, 2.75) is 33.6 Å². The summed E-state index contributed by atoms with van der Waals surface area (Å²) in [6.07, 6.45) is 1.87. The second-order valence-electron chi connectivity index (χ2n) is 5.61. The molecule has 0 unspecified atom stereocenters. The molecule has 0 saturated heterocycles. The lowest BCUT2D eigenvalue weighted by Crippen LogP contribution is -2.29. The lowest BCUT2D eigenvalue weighted by atomic mass is 10.2. The third-order valence-corrected chi connectivity index (χ3v) is 4.48. The number of amides is 3. The number of thiazole rings is 1. The molecule has 134 valence electrons. The first kappa shape index (κ1) is 18.9. The molecular weight excluding hydrogens is 343 g/mol. The Morgan fingerprint density at radius 2 is 2.00 bits per heavy atom. The summed E-state index contributed by atoms with van der Waals surface area (Å²) in [5.41, 5.74) is 1.42. The molecule has 0 fully saturated rings. The van der Waals surface area contributed by atoms with Crippen LogP contribution >= 0.6 is 11.3 Å². The third kappa shape index (κ3) is 5.25. The molecule has 2 rings (SSSR count). The second kappa shape index (κ2) is 8.57. The van der Waals surface area contributed by atoms with Crippen LogP contribution in [0, 0.1) is 19.7 Å². The van der Waals surface area contributed by atoms with Crippen molar-refractivity contribution < 1.29 is 14.0 Å². The largest absolute Gasteiger partial charge is 0.338 e. The molecule has 6 nitrogen and oxygen atoms in total. The van der Waals surface area contributed by atoms with E-state index in [-0.39, 0.29) is 11.7 Å². The van der Waals surface area contributed by atoms with Crippen LogP contribution in [0.25, 0.3) is 0 Å². The monoisotopic (exact) mass is 364 g/mol. The number of hydrogen-bond acceptors (Lipinski definition) is 4. The molecule has 0 radical (unpaired) electrons. The predicted octanol–water partition coefficient (Wildman–Crippen LogP) is 4.07. The molecule has 1 aromatic heterocycles. The first-order chi connectivity index (χ1) is 11.9. The Kier molecular flexibility index (Phi) is 6.46. The van der Waals surface area contributed by atoms with E-state index >= 15 is 0 Å². The molecule has 0 aliphatic heterocycles. The van der Waals surface area contributed by atoms with Gasteiger partial charge in [0.2, 0.25) is 0 Å². The van der Waals surface area contributed by atoms with Gasteiger partial charge in [0, 0.05) is 6.54 Å². The second-order valence-corrected chi connectivity index (χ2v) is 6.60. The average Bonchev–Trinajstić information content (AvgIpc) is 2.91. The van der Waals surface area contributed by atoms with Crippen LogP contribution in [0.2, 0.25) is 0 Å². The molecule has 8 heteroatoms. The van der Waals surface area contributed by atoms with Crippen LogP contribution in [0.15, 0.2) is 18.2 Å². The maximum absolute atomic E-state index is 13.8. The van der Waals surface area contributed by atoms with Crippen molar-refractivity contribution in [3.05, 3.63) is 40.2 Å². The van der Waals surface area contributed by atoms with E-state index in [9.17, 15) is 14.0 Å². The zero-order valence-electron chi connectivity index (χ0n) is 14.4. The number of nitrogens with one attached hydrogen (secondary N) is 3. The van der Waals surface area contributed by atoms with Gasteiger partial charge in [-0.25, -0.2) is 14.2 Å². The molecule has 3 N–H and O–H groups in total. The van der Waals surface area contributed by atoms with Gasteiger partial charge in [-0.2, -0.15) is 0 Å². The average molecular weight is 364 g/mol. The summed E-state index contributed by atoms with van der Waals surface area (Å²) >= 11 is 1.05. The number of rotatable bonds is 6. The van der Waals surface area contributed by atoms with E-state index in [2.05, 4.69) is 20.9 Å². The number of unbranched alkanes of at least 4 members (excludes halogenated alkanes) is 1. The van der Waals surface area contributed by atoms with Crippen molar-refractivity contribution in [3.63, 3.8) is 0 Å². The smallest absolute Gasteiger partial charge is 0.321 e. The minimum Gasteiger partial charge on any atom is -0.338 e. The fraction of sp³-hybridized carbons (Fsp3) is 0.353. The minimum atomic E-state index is -0.505. The van der Waals surface area contributed by atoms with Crippen molar-refractivity contribution in [2.75, 3.05) is 17.2 Å². The molecule has 1 aromatic carbocycles. The van der Waals surface area contributed by atoms with Crippen molar-refractivity contribution in [1.29, 1.82) is 0 Å². The highest BCUT2D eigenvalue weighted by Crippen LogP contribution is 2.24. The van der Waals surface area contributed by atoms with E-state index in [0.29, 0.717) is 22.2 Å². The molecule has 0 aliphatic carbocycles. The van der Waals surface area contributed by atoms with Crippen LogP contribution in [0.3, 0.4) is 0 Å². The zero-order valence-corrected chi connectivity index (χ0v) is 15.2. The highest BCUT2D eigenvalue weighted by molar-refractivity contribution is 7.17. The van der Waals surface area contributed by atoms with Crippen LogP contribution in [0.5, 0.6) is 0 Å². The van der Waals surface area contributed by atoms with Gasteiger partial charge in [0.05, 0.1) is 11.4 Å². The van der Waals surface area contributed by atoms with Crippen LogP contribution in [0.4, 0.5) is 20.0 Å². The topological polar surface area (TPSA) is 83.1 Å². The number of benzene rings is 1. The van der Waals surface area contributed by atoms with Gasteiger partial charge in [0.25, 0.3) is 5.91 Å². The lowest BCUT2D eigenvalue weighted by molar-refractivity contribution is 0.102. The van der Waals surface area contributed by atoms with Crippen molar-refractivity contribution in [3.8, 4) is 0 Å².